The molecule has 1 atom stereocenters. The van der Waals surface area contributed by atoms with Gasteiger partial charge in [0, 0.05) is 6.54 Å². The third kappa shape index (κ3) is 2.00. The Morgan fingerprint density at radius 3 is 3.31 bits per heavy atom. The van der Waals surface area contributed by atoms with Gasteiger partial charge in [0.25, 0.3) is 5.91 Å². The minimum absolute atomic E-state index is 0.00537. The Balaban J connectivity index is 1.91. The van der Waals surface area contributed by atoms with Crippen LogP contribution in [0.3, 0.4) is 0 Å². The summed E-state index contributed by atoms with van der Waals surface area (Å²) >= 11 is 1.03. The van der Waals surface area contributed by atoms with Gasteiger partial charge in [0.15, 0.2) is 5.69 Å². The Kier molecular flexibility index (Phi) is 2.48. The number of nitrogens with one attached hydrogen (secondary N) is 3. The smallest absolute Gasteiger partial charge is 0.273 e. The standard InChI is InChI=1S/C6H9N5OS/c12-6(4-3-8-13-11-4)9-5-1-2-7-10-5/h3,5,7,10H,1-2H2,(H,9,12). The molecular formula is C6H9N5OS. The number of nitrogens with zero attached hydrogens (tertiary/aromatic N) is 2. The van der Waals surface area contributed by atoms with Crippen LogP contribution in [0.25, 0.3) is 0 Å². The van der Waals surface area contributed by atoms with E-state index in [0.717, 1.165) is 24.7 Å². The van der Waals surface area contributed by atoms with Crippen molar-refractivity contribution >= 4 is 17.6 Å². The van der Waals surface area contributed by atoms with E-state index in [4.69, 9.17) is 0 Å². The molecule has 1 amide bonds. The molecule has 0 radical (unpaired) electrons. The molecule has 0 aliphatic carbocycles. The van der Waals surface area contributed by atoms with E-state index in [-0.39, 0.29) is 12.1 Å². The molecule has 0 aromatic carbocycles. The number of carbonyl (C=O) groups is 1. The van der Waals surface area contributed by atoms with Gasteiger partial charge in [0.05, 0.1) is 24.1 Å². The third-order valence-electron chi connectivity index (χ3n) is 1.73. The van der Waals surface area contributed by atoms with E-state index in [0.29, 0.717) is 5.69 Å². The first-order chi connectivity index (χ1) is 6.36. The molecule has 1 fully saturated rings. The van der Waals surface area contributed by atoms with E-state index in [9.17, 15) is 4.79 Å². The van der Waals surface area contributed by atoms with Crippen LogP contribution in [0.1, 0.15) is 16.9 Å². The van der Waals surface area contributed by atoms with Crippen molar-refractivity contribution in [2.45, 2.75) is 12.6 Å². The summed E-state index contributed by atoms with van der Waals surface area (Å²) in [5.41, 5.74) is 6.22. The van der Waals surface area contributed by atoms with Crippen LogP contribution in [0.4, 0.5) is 0 Å². The SMILES string of the molecule is O=C(NC1CCNN1)c1cnsn1. The van der Waals surface area contributed by atoms with Crippen molar-refractivity contribution in [3.8, 4) is 0 Å². The maximum absolute atomic E-state index is 11.4. The number of rotatable bonds is 2. The average Bonchev–Trinajstić information content (AvgIpc) is 2.74. The van der Waals surface area contributed by atoms with Crippen molar-refractivity contribution in [3.05, 3.63) is 11.9 Å². The molecule has 3 N–H and O–H groups in total. The van der Waals surface area contributed by atoms with Gasteiger partial charge in [0.2, 0.25) is 0 Å². The van der Waals surface area contributed by atoms with Crippen molar-refractivity contribution in [2.24, 2.45) is 0 Å². The van der Waals surface area contributed by atoms with Gasteiger partial charge in [-0.25, -0.2) is 5.43 Å². The molecule has 1 aliphatic rings. The Morgan fingerprint density at radius 2 is 2.69 bits per heavy atom. The zero-order valence-corrected chi connectivity index (χ0v) is 7.60. The van der Waals surface area contributed by atoms with E-state index in [1.54, 1.807) is 0 Å². The second kappa shape index (κ2) is 3.77. The van der Waals surface area contributed by atoms with Crippen molar-refractivity contribution in [2.75, 3.05) is 6.54 Å². The molecule has 0 saturated carbocycles. The van der Waals surface area contributed by atoms with Gasteiger partial charge >= 0.3 is 0 Å². The molecule has 1 aromatic rings. The highest BCUT2D eigenvalue weighted by Crippen LogP contribution is 1.97. The molecule has 2 rings (SSSR count). The summed E-state index contributed by atoms with van der Waals surface area (Å²) in [7, 11) is 0. The summed E-state index contributed by atoms with van der Waals surface area (Å²) in [6, 6.07) is 0. The molecule has 13 heavy (non-hydrogen) atoms. The minimum Gasteiger partial charge on any atom is -0.334 e. The summed E-state index contributed by atoms with van der Waals surface area (Å²) in [4.78, 5) is 11.4. The lowest BCUT2D eigenvalue weighted by Gasteiger charge is -2.09. The average molecular weight is 199 g/mol. The Bertz CT molecular complexity index is 281. The number of hydrogen-bond acceptors (Lipinski definition) is 6. The molecule has 1 saturated heterocycles. The van der Waals surface area contributed by atoms with Crippen LogP contribution in [-0.2, 0) is 0 Å². The predicted octanol–water partition coefficient (Wildman–Crippen LogP) is -0.908. The summed E-state index contributed by atoms with van der Waals surface area (Å²) in [6.07, 6.45) is 2.33. The van der Waals surface area contributed by atoms with Crippen molar-refractivity contribution in [1.82, 2.24) is 24.9 Å². The van der Waals surface area contributed by atoms with Crippen molar-refractivity contribution in [3.63, 3.8) is 0 Å². The number of hydrazine groups is 1. The molecule has 2 heterocycles. The zero-order chi connectivity index (χ0) is 9.10. The Morgan fingerprint density at radius 1 is 1.77 bits per heavy atom. The van der Waals surface area contributed by atoms with Crippen LogP contribution in [0.2, 0.25) is 0 Å². The maximum Gasteiger partial charge on any atom is 0.273 e. The van der Waals surface area contributed by atoms with Crippen LogP contribution < -0.4 is 16.2 Å². The Hall–Kier alpha value is -1.05. The predicted molar refractivity (Wildman–Crippen MR) is 46.9 cm³/mol. The van der Waals surface area contributed by atoms with E-state index in [2.05, 4.69) is 24.9 Å². The topological polar surface area (TPSA) is 78.9 Å². The fourth-order valence-electron chi connectivity index (χ4n) is 1.09. The minimum atomic E-state index is -0.185. The molecule has 1 aliphatic heterocycles. The fraction of sp³-hybridized carbons (Fsp3) is 0.500. The summed E-state index contributed by atoms with van der Waals surface area (Å²) < 4.78 is 7.58. The monoisotopic (exact) mass is 199 g/mol. The number of aromatic nitrogens is 2. The second-order valence-corrected chi connectivity index (χ2v) is 3.24. The molecule has 0 spiro atoms. The van der Waals surface area contributed by atoms with Crippen LogP contribution >= 0.6 is 11.7 Å². The molecule has 6 nitrogen and oxygen atoms in total. The first-order valence-electron chi connectivity index (χ1n) is 3.93. The van der Waals surface area contributed by atoms with Gasteiger partial charge in [-0.05, 0) is 6.42 Å². The highest BCUT2D eigenvalue weighted by molar-refractivity contribution is 6.99. The number of amides is 1. The lowest BCUT2D eigenvalue weighted by Crippen LogP contribution is -2.44. The van der Waals surface area contributed by atoms with Gasteiger partial charge < -0.3 is 5.32 Å². The summed E-state index contributed by atoms with van der Waals surface area (Å²) in [5.74, 6) is -0.185. The van der Waals surface area contributed by atoms with Crippen LogP contribution in [0.5, 0.6) is 0 Å². The first kappa shape index (κ1) is 8.54. The maximum atomic E-state index is 11.4. The van der Waals surface area contributed by atoms with Crippen LogP contribution in [0, 0.1) is 0 Å². The van der Waals surface area contributed by atoms with Gasteiger partial charge in [-0.2, -0.15) is 8.75 Å². The number of carbonyl (C=O) groups excluding carboxylic acids is 1. The first-order valence-corrected chi connectivity index (χ1v) is 4.66. The van der Waals surface area contributed by atoms with Crippen molar-refractivity contribution in [1.29, 1.82) is 0 Å². The third-order valence-corrected chi connectivity index (χ3v) is 2.21. The van der Waals surface area contributed by atoms with E-state index < -0.39 is 0 Å². The van der Waals surface area contributed by atoms with E-state index in [1.807, 2.05) is 0 Å². The Labute approximate surface area is 79.0 Å². The summed E-state index contributed by atoms with van der Waals surface area (Å²) in [6.45, 7) is 0.861. The van der Waals surface area contributed by atoms with E-state index >= 15 is 0 Å². The lowest BCUT2D eigenvalue weighted by atomic mass is 10.3. The summed E-state index contributed by atoms with van der Waals surface area (Å²) in [5, 5.41) is 2.77. The molecule has 1 aromatic heterocycles. The molecule has 1 unspecified atom stereocenters. The zero-order valence-electron chi connectivity index (χ0n) is 6.78. The highest BCUT2D eigenvalue weighted by Gasteiger charge is 2.17. The van der Waals surface area contributed by atoms with Crippen LogP contribution in [-0.4, -0.2) is 27.4 Å². The van der Waals surface area contributed by atoms with Gasteiger partial charge in [0.1, 0.15) is 0 Å². The van der Waals surface area contributed by atoms with Gasteiger partial charge in [-0.1, -0.05) is 0 Å². The number of hydrogen-bond donors (Lipinski definition) is 3. The largest absolute Gasteiger partial charge is 0.334 e. The van der Waals surface area contributed by atoms with E-state index in [1.165, 1.54) is 6.20 Å². The quantitative estimate of drug-likeness (QED) is 0.575. The molecule has 7 heteroatoms. The van der Waals surface area contributed by atoms with Gasteiger partial charge in [-0.15, -0.1) is 0 Å². The highest BCUT2D eigenvalue weighted by atomic mass is 32.1. The molecule has 70 valence electrons. The van der Waals surface area contributed by atoms with Gasteiger partial charge in [-0.3, -0.25) is 10.2 Å². The van der Waals surface area contributed by atoms with Crippen LogP contribution in [0.15, 0.2) is 6.20 Å². The molecular weight excluding hydrogens is 190 g/mol. The molecule has 0 bridgehead atoms. The fourth-order valence-corrected chi connectivity index (χ4v) is 1.50. The second-order valence-electron chi connectivity index (χ2n) is 2.68. The lowest BCUT2D eigenvalue weighted by molar-refractivity contribution is 0.0928. The normalized spacial score (nSPS) is 21.7. The van der Waals surface area contributed by atoms with Crippen molar-refractivity contribution < 1.29 is 4.79 Å².